The molecule has 0 spiro atoms. The Labute approximate surface area is 125 Å². The molecule has 0 unspecified atom stereocenters. The van der Waals surface area contributed by atoms with Crippen LogP contribution < -0.4 is 0 Å². The number of allylic oxidation sites excluding steroid dienone is 1. The third kappa shape index (κ3) is 2.07. The van der Waals surface area contributed by atoms with E-state index in [4.69, 9.17) is 4.74 Å². The summed E-state index contributed by atoms with van der Waals surface area (Å²) in [5.41, 5.74) is 2.72. The van der Waals surface area contributed by atoms with E-state index in [9.17, 15) is 4.79 Å². The van der Waals surface area contributed by atoms with Gasteiger partial charge in [0.25, 0.3) is 0 Å². The van der Waals surface area contributed by atoms with E-state index in [1.54, 1.807) is 7.11 Å². The van der Waals surface area contributed by atoms with Gasteiger partial charge < -0.3 is 9.53 Å². The number of aldehydes is 1. The number of carbonyl (C=O) groups is 1. The first-order valence-corrected chi connectivity index (χ1v) is 7.07. The van der Waals surface area contributed by atoms with Crippen LogP contribution in [-0.2, 0) is 9.53 Å². The minimum atomic E-state index is -0.690. The zero-order valence-electron chi connectivity index (χ0n) is 12.2. The molecule has 0 bridgehead atoms. The monoisotopic (exact) mass is 278 g/mol. The molecule has 0 saturated carbocycles. The standard InChI is InChI=1S/C19H18O2/c1-19(13-20)17(21-2)12-15-10-6-7-11-16(15)18(19)14-8-4-3-5-9-14/h3-13,18H,1-2H3/t18-,19+/m0/s1. The highest BCUT2D eigenvalue weighted by Gasteiger charge is 2.44. The van der Waals surface area contributed by atoms with E-state index in [0.29, 0.717) is 5.76 Å². The molecule has 1 aliphatic carbocycles. The molecule has 0 fully saturated rings. The Kier molecular flexibility index (Phi) is 3.38. The van der Waals surface area contributed by atoms with Crippen LogP contribution in [0.4, 0.5) is 0 Å². The molecule has 0 heterocycles. The molecule has 0 radical (unpaired) electrons. The molecule has 3 rings (SSSR count). The minimum Gasteiger partial charge on any atom is -0.500 e. The van der Waals surface area contributed by atoms with E-state index in [0.717, 1.165) is 17.4 Å². The molecule has 2 atom stereocenters. The maximum Gasteiger partial charge on any atom is 0.134 e. The maximum absolute atomic E-state index is 11.9. The number of carbonyl (C=O) groups excluding carboxylic acids is 1. The van der Waals surface area contributed by atoms with Crippen LogP contribution in [0.1, 0.15) is 29.5 Å². The molecule has 1 aliphatic rings. The number of methoxy groups -OCH3 is 1. The molecule has 2 aromatic rings. The zero-order valence-corrected chi connectivity index (χ0v) is 12.2. The van der Waals surface area contributed by atoms with E-state index in [-0.39, 0.29) is 5.92 Å². The van der Waals surface area contributed by atoms with Crippen molar-refractivity contribution in [2.24, 2.45) is 5.41 Å². The first-order chi connectivity index (χ1) is 10.2. The summed E-state index contributed by atoms with van der Waals surface area (Å²) in [7, 11) is 1.63. The van der Waals surface area contributed by atoms with Gasteiger partial charge in [0.1, 0.15) is 12.0 Å². The van der Waals surface area contributed by atoms with Crippen molar-refractivity contribution in [1.82, 2.24) is 0 Å². The van der Waals surface area contributed by atoms with Crippen LogP contribution in [0.25, 0.3) is 6.08 Å². The van der Waals surface area contributed by atoms with Crippen LogP contribution in [0, 0.1) is 5.41 Å². The number of rotatable bonds is 3. The second kappa shape index (κ2) is 5.21. The van der Waals surface area contributed by atoms with Crippen LogP contribution in [0.5, 0.6) is 0 Å². The van der Waals surface area contributed by atoms with Gasteiger partial charge in [-0.15, -0.1) is 0 Å². The Morgan fingerprint density at radius 3 is 2.38 bits per heavy atom. The van der Waals surface area contributed by atoms with Crippen molar-refractivity contribution in [2.45, 2.75) is 12.8 Å². The highest BCUT2D eigenvalue weighted by atomic mass is 16.5. The fourth-order valence-corrected chi connectivity index (χ4v) is 3.24. The van der Waals surface area contributed by atoms with Crippen LogP contribution in [0.3, 0.4) is 0 Å². The summed E-state index contributed by atoms with van der Waals surface area (Å²) in [4.78, 5) is 11.9. The molecule has 0 aliphatic heterocycles. The highest BCUT2D eigenvalue weighted by Crippen LogP contribution is 2.49. The summed E-state index contributed by atoms with van der Waals surface area (Å²) < 4.78 is 5.54. The predicted molar refractivity (Wildman–Crippen MR) is 83.9 cm³/mol. The number of hydrogen-bond acceptors (Lipinski definition) is 2. The molecular formula is C19H18O2. The Bertz CT molecular complexity index is 688. The van der Waals surface area contributed by atoms with Gasteiger partial charge in [-0.3, -0.25) is 0 Å². The van der Waals surface area contributed by atoms with E-state index in [1.807, 2.05) is 43.3 Å². The topological polar surface area (TPSA) is 26.3 Å². The van der Waals surface area contributed by atoms with Crippen molar-refractivity contribution < 1.29 is 9.53 Å². The Hall–Kier alpha value is -2.35. The molecule has 21 heavy (non-hydrogen) atoms. The van der Waals surface area contributed by atoms with Gasteiger partial charge in [0, 0.05) is 5.92 Å². The molecule has 0 amide bonds. The lowest BCUT2D eigenvalue weighted by molar-refractivity contribution is -0.116. The van der Waals surface area contributed by atoms with E-state index < -0.39 is 5.41 Å². The summed E-state index contributed by atoms with van der Waals surface area (Å²) in [6, 6.07) is 18.3. The molecule has 0 aromatic heterocycles. The molecule has 2 heteroatoms. The molecule has 106 valence electrons. The second-order valence-electron chi connectivity index (χ2n) is 5.59. The minimum absolute atomic E-state index is 0.0349. The summed E-state index contributed by atoms with van der Waals surface area (Å²) >= 11 is 0. The van der Waals surface area contributed by atoms with Gasteiger partial charge in [-0.2, -0.15) is 0 Å². The van der Waals surface area contributed by atoms with Crippen LogP contribution in [-0.4, -0.2) is 13.4 Å². The van der Waals surface area contributed by atoms with Crippen molar-refractivity contribution >= 4 is 12.4 Å². The lowest BCUT2D eigenvalue weighted by Crippen LogP contribution is -2.34. The normalized spacial score (nSPS) is 23.9. The van der Waals surface area contributed by atoms with Crippen LogP contribution >= 0.6 is 0 Å². The predicted octanol–water partition coefficient (Wildman–Crippen LogP) is 4.02. The lowest BCUT2D eigenvalue weighted by Gasteiger charge is -2.38. The van der Waals surface area contributed by atoms with Crippen molar-refractivity contribution in [3.63, 3.8) is 0 Å². The number of benzene rings is 2. The Balaban J connectivity index is 2.28. The fraction of sp³-hybridized carbons (Fsp3) is 0.211. The first-order valence-electron chi connectivity index (χ1n) is 7.07. The number of ether oxygens (including phenoxy) is 1. The smallest absolute Gasteiger partial charge is 0.134 e. The van der Waals surface area contributed by atoms with Gasteiger partial charge in [-0.05, 0) is 29.7 Å². The summed E-state index contributed by atoms with van der Waals surface area (Å²) in [5, 5.41) is 0. The van der Waals surface area contributed by atoms with Gasteiger partial charge in [0.05, 0.1) is 12.5 Å². The molecule has 0 N–H and O–H groups in total. The van der Waals surface area contributed by atoms with Gasteiger partial charge in [0.2, 0.25) is 0 Å². The summed E-state index contributed by atoms with van der Waals surface area (Å²) in [6.45, 7) is 1.95. The zero-order chi connectivity index (χ0) is 14.9. The second-order valence-corrected chi connectivity index (χ2v) is 5.59. The Morgan fingerprint density at radius 2 is 1.71 bits per heavy atom. The molecular weight excluding hydrogens is 260 g/mol. The van der Waals surface area contributed by atoms with Gasteiger partial charge in [-0.1, -0.05) is 54.6 Å². The highest BCUT2D eigenvalue weighted by molar-refractivity contribution is 5.76. The Morgan fingerprint density at radius 1 is 1.05 bits per heavy atom. The van der Waals surface area contributed by atoms with E-state index in [1.165, 1.54) is 5.56 Å². The number of hydrogen-bond donors (Lipinski definition) is 0. The third-order valence-corrected chi connectivity index (χ3v) is 4.32. The average molecular weight is 278 g/mol. The van der Waals surface area contributed by atoms with Gasteiger partial charge >= 0.3 is 0 Å². The van der Waals surface area contributed by atoms with Crippen molar-refractivity contribution in [1.29, 1.82) is 0 Å². The molecule has 0 saturated heterocycles. The van der Waals surface area contributed by atoms with Gasteiger partial charge in [0.15, 0.2) is 0 Å². The molecule has 2 nitrogen and oxygen atoms in total. The van der Waals surface area contributed by atoms with Crippen LogP contribution in [0.2, 0.25) is 0 Å². The van der Waals surface area contributed by atoms with E-state index in [2.05, 4.69) is 24.3 Å². The lowest BCUT2D eigenvalue weighted by atomic mass is 9.65. The van der Waals surface area contributed by atoms with E-state index >= 15 is 0 Å². The third-order valence-electron chi connectivity index (χ3n) is 4.32. The van der Waals surface area contributed by atoms with Crippen molar-refractivity contribution in [2.75, 3.05) is 7.11 Å². The SMILES string of the molecule is COC1=Cc2ccccc2[C@H](c2ccccc2)[C@]1(C)C=O. The van der Waals surface area contributed by atoms with Crippen LogP contribution in [0.15, 0.2) is 60.4 Å². The summed E-state index contributed by atoms with van der Waals surface area (Å²) in [6.07, 6.45) is 2.99. The maximum atomic E-state index is 11.9. The van der Waals surface area contributed by atoms with Crippen molar-refractivity contribution in [3.8, 4) is 0 Å². The number of fused-ring (bicyclic) bond motifs is 1. The van der Waals surface area contributed by atoms with Crippen molar-refractivity contribution in [3.05, 3.63) is 77.0 Å². The summed E-state index contributed by atoms with van der Waals surface area (Å²) in [5.74, 6) is 0.678. The quantitative estimate of drug-likeness (QED) is 0.792. The van der Waals surface area contributed by atoms with Gasteiger partial charge in [-0.25, -0.2) is 0 Å². The first kappa shape index (κ1) is 13.6. The fourth-order valence-electron chi connectivity index (χ4n) is 3.24. The average Bonchev–Trinajstić information content (AvgIpc) is 2.55. The molecule has 2 aromatic carbocycles. The largest absolute Gasteiger partial charge is 0.500 e.